The lowest BCUT2D eigenvalue weighted by Crippen LogP contribution is -2.37. The fraction of sp³-hybridized carbons (Fsp3) is 1.00. The van der Waals surface area contributed by atoms with Crippen molar-refractivity contribution in [3.05, 3.63) is 0 Å². The average molecular weight is 239 g/mol. The van der Waals surface area contributed by atoms with E-state index in [2.05, 4.69) is 40.1 Å². The second-order valence-corrected chi connectivity index (χ2v) is 7.22. The van der Waals surface area contributed by atoms with E-state index < -0.39 is 0 Å². The Morgan fingerprint density at radius 2 is 1.71 bits per heavy atom. The zero-order valence-electron chi connectivity index (χ0n) is 12.7. The van der Waals surface area contributed by atoms with Gasteiger partial charge in [0.25, 0.3) is 0 Å². The molecule has 1 N–H and O–H groups in total. The molecule has 1 aliphatic rings. The summed E-state index contributed by atoms with van der Waals surface area (Å²) in [5.74, 6) is 1.79. The fourth-order valence-corrected chi connectivity index (χ4v) is 3.19. The van der Waals surface area contributed by atoms with Crippen molar-refractivity contribution in [3.8, 4) is 0 Å². The molecule has 0 amide bonds. The molecule has 1 atom stereocenters. The first-order chi connectivity index (χ1) is 7.94. The maximum Gasteiger partial charge on any atom is 0.00923 e. The Morgan fingerprint density at radius 3 is 2.18 bits per heavy atom. The standard InChI is InChI=1S/C16H33N/c1-13(2)7-6-8-15(17-5)14-9-11-16(3,4)12-10-14/h13-15,17H,6-12H2,1-5H3. The number of rotatable bonds is 6. The first-order valence-electron chi connectivity index (χ1n) is 7.62. The second-order valence-electron chi connectivity index (χ2n) is 7.22. The van der Waals surface area contributed by atoms with Crippen molar-refractivity contribution in [2.45, 2.75) is 78.7 Å². The minimum Gasteiger partial charge on any atom is -0.317 e. The molecule has 0 heterocycles. The first-order valence-corrected chi connectivity index (χ1v) is 7.62. The van der Waals surface area contributed by atoms with E-state index >= 15 is 0 Å². The van der Waals surface area contributed by atoms with Gasteiger partial charge >= 0.3 is 0 Å². The van der Waals surface area contributed by atoms with Crippen molar-refractivity contribution in [2.24, 2.45) is 17.3 Å². The number of hydrogen-bond donors (Lipinski definition) is 1. The molecule has 17 heavy (non-hydrogen) atoms. The van der Waals surface area contributed by atoms with E-state index in [1.54, 1.807) is 0 Å². The summed E-state index contributed by atoms with van der Waals surface area (Å²) in [5, 5.41) is 3.57. The van der Waals surface area contributed by atoms with Crippen molar-refractivity contribution in [3.63, 3.8) is 0 Å². The third kappa shape index (κ3) is 5.42. The van der Waals surface area contributed by atoms with Crippen LogP contribution in [0.15, 0.2) is 0 Å². The van der Waals surface area contributed by atoms with E-state index in [0.717, 1.165) is 17.9 Å². The third-order valence-electron chi connectivity index (χ3n) is 4.62. The van der Waals surface area contributed by atoms with Crippen LogP contribution in [0.5, 0.6) is 0 Å². The van der Waals surface area contributed by atoms with E-state index in [1.807, 2.05) is 0 Å². The third-order valence-corrected chi connectivity index (χ3v) is 4.62. The highest BCUT2D eigenvalue weighted by molar-refractivity contribution is 4.84. The Hall–Kier alpha value is -0.0400. The van der Waals surface area contributed by atoms with Gasteiger partial charge in [-0.15, -0.1) is 0 Å². The fourth-order valence-electron chi connectivity index (χ4n) is 3.19. The van der Waals surface area contributed by atoms with Gasteiger partial charge in [0, 0.05) is 6.04 Å². The molecule has 0 aromatic carbocycles. The number of nitrogens with one attached hydrogen (secondary N) is 1. The van der Waals surface area contributed by atoms with Gasteiger partial charge in [0.2, 0.25) is 0 Å². The monoisotopic (exact) mass is 239 g/mol. The SMILES string of the molecule is CNC(CCCC(C)C)C1CCC(C)(C)CC1. The molecule has 1 heteroatoms. The van der Waals surface area contributed by atoms with Crippen molar-refractivity contribution in [1.29, 1.82) is 0 Å². The molecule has 0 spiro atoms. The summed E-state index contributed by atoms with van der Waals surface area (Å²) in [5.41, 5.74) is 0.604. The Labute approximate surface area is 109 Å². The van der Waals surface area contributed by atoms with Crippen LogP contribution in [0.3, 0.4) is 0 Å². The molecule has 1 fully saturated rings. The maximum atomic E-state index is 3.57. The predicted octanol–water partition coefficient (Wildman–Crippen LogP) is 4.62. The van der Waals surface area contributed by atoms with Crippen molar-refractivity contribution in [1.82, 2.24) is 5.32 Å². The van der Waals surface area contributed by atoms with Crippen LogP contribution in [0.4, 0.5) is 0 Å². The quantitative estimate of drug-likeness (QED) is 0.713. The Kier molecular flexibility index (Phi) is 5.99. The molecule has 1 nitrogen and oxygen atoms in total. The maximum absolute atomic E-state index is 3.57. The van der Waals surface area contributed by atoms with Gasteiger partial charge in [0.15, 0.2) is 0 Å². The summed E-state index contributed by atoms with van der Waals surface area (Å²) in [7, 11) is 2.15. The molecule has 102 valence electrons. The normalized spacial score (nSPS) is 22.9. The lowest BCUT2D eigenvalue weighted by atomic mass is 9.70. The van der Waals surface area contributed by atoms with Gasteiger partial charge in [0.1, 0.15) is 0 Å². The summed E-state index contributed by atoms with van der Waals surface area (Å²) >= 11 is 0. The van der Waals surface area contributed by atoms with E-state index in [0.29, 0.717) is 5.41 Å². The summed E-state index contributed by atoms with van der Waals surface area (Å²) in [6.45, 7) is 9.52. The summed E-state index contributed by atoms with van der Waals surface area (Å²) in [6.07, 6.45) is 9.85. The molecule has 0 aliphatic heterocycles. The van der Waals surface area contributed by atoms with E-state index in [1.165, 1.54) is 44.9 Å². The van der Waals surface area contributed by atoms with Crippen molar-refractivity contribution >= 4 is 0 Å². The lowest BCUT2D eigenvalue weighted by Gasteiger charge is -2.38. The first kappa shape index (κ1) is 15.0. The molecular weight excluding hydrogens is 206 g/mol. The molecular formula is C16H33N. The zero-order chi connectivity index (χ0) is 12.9. The van der Waals surface area contributed by atoms with Gasteiger partial charge in [-0.1, -0.05) is 40.5 Å². The Morgan fingerprint density at radius 1 is 1.12 bits per heavy atom. The van der Waals surface area contributed by atoms with Crippen molar-refractivity contribution < 1.29 is 0 Å². The van der Waals surface area contributed by atoms with Crippen molar-refractivity contribution in [2.75, 3.05) is 7.05 Å². The van der Waals surface area contributed by atoms with Gasteiger partial charge in [-0.3, -0.25) is 0 Å². The van der Waals surface area contributed by atoms with Crippen LogP contribution in [-0.4, -0.2) is 13.1 Å². The summed E-state index contributed by atoms with van der Waals surface area (Å²) in [6, 6.07) is 0.768. The van der Waals surface area contributed by atoms with Crippen LogP contribution in [0.1, 0.15) is 72.6 Å². The highest BCUT2D eigenvalue weighted by atomic mass is 14.9. The van der Waals surface area contributed by atoms with Crippen LogP contribution in [0, 0.1) is 17.3 Å². The predicted molar refractivity (Wildman–Crippen MR) is 77.3 cm³/mol. The number of hydrogen-bond acceptors (Lipinski definition) is 1. The average Bonchev–Trinajstić information content (AvgIpc) is 2.25. The molecule has 0 aromatic heterocycles. The van der Waals surface area contributed by atoms with E-state index in [9.17, 15) is 0 Å². The minimum atomic E-state index is 0.604. The van der Waals surface area contributed by atoms with Gasteiger partial charge in [-0.05, 0) is 56.4 Å². The highest BCUT2D eigenvalue weighted by Crippen LogP contribution is 2.39. The largest absolute Gasteiger partial charge is 0.317 e. The molecule has 0 radical (unpaired) electrons. The molecule has 0 bridgehead atoms. The summed E-state index contributed by atoms with van der Waals surface area (Å²) < 4.78 is 0. The van der Waals surface area contributed by atoms with Gasteiger partial charge in [-0.2, -0.15) is 0 Å². The van der Waals surface area contributed by atoms with E-state index in [-0.39, 0.29) is 0 Å². The van der Waals surface area contributed by atoms with Crippen LogP contribution < -0.4 is 5.32 Å². The van der Waals surface area contributed by atoms with Crippen LogP contribution in [0.2, 0.25) is 0 Å². The molecule has 1 saturated carbocycles. The minimum absolute atomic E-state index is 0.604. The Bertz CT molecular complexity index is 198. The molecule has 1 unspecified atom stereocenters. The molecule has 0 aromatic rings. The van der Waals surface area contributed by atoms with Crippen LogP contribution in [0.25, 0.3) is 0 Å². The van der Waals surface area contributed by atoms with Gasteiger partial charge in [0.05, 0.1) is 0 Å². The van der Waals surface area contributed by atoms with Gasteiger partial charge < -0.3 is 5.32 Å². The highest BCUT2D eigenvalue weighted by Gasteiger charge is 2.30. The van der Waals surface area contributed by atoms with Crippen LogP contribution in [-0.2, 0) is 0 Å². The molecule has 1 rings (SSSR count). The summed E-state index contributed by atoms with van der Waals surface area (Å²) in [4.78, 5) is 0. The molecule has 0 saturated heterocycles. The van der Waals surface area contributed by atoms with Gasteiger partial charge in [-0.25, -0.2) is 0 Å². The Balaban J connectivity index is 2.31. The second kappa shape index (κ2) is 6.78. The smallest absolute Gasteiger partial charge is 0.00923 e. The van der Waals surface area contributed by atoms with E-state index in [4.69, 9.17) is 0 Å². The zero-order valence-corrected chi connectivity index (χ0v) is 12.7. The topological polar surface area (TPSA) is 12.0 Å². The lowest BCUT2D eigenvalue weighted by molar-refractivity contribution is 0.159. The van der Waals surface area contributed by atoms with Crippen LogP contribution >= 0.6 is 0 Å². The molecule has 1 aliphatic carbocycles.